The molecule has 3 aromatic carbocycles. The molecule has 4 aromatic rings. The van der Waals surface area contributed by atoms with Gasteiger partial charge in [0, 0.05) is 23.9 Å². The number of carbonyl (C=O) groups is 1. The van der Waals surface area contributed by atoms with Crippen molar-refractivity contribution in [3.63, 3.8) is 0 Å². The Hall–Kier alpha value is -3.66. The molecule has 0 unspecified atom stereocenters. The highest BCUT2D eigenvalue weighted by Crippen LogP contribution is 2.23. The van der Waals surface area contributed by atoms with Crippen LogP contribution in [0.4, 0.5) is 5.69 Å². The maximum Gasteiger partial charge on any atom is 0.258 e. The van der Waals surface area contributed by atoms with Crippen LogP contribution in [-0.2, 0) is 0 Å². The van der Waals surface area contributed by atoms with E-state index in [1.54, 1.807) is 18.1 Å². The lowest BCUT2D eigenvalue weighted by atomic mass is 10.1. The van der Waals surface area contributed by atoms with Gasteiger partial charge in [0.15, 0.2) is 0 Å². The fourth-order valence-corrected chi connectivity index (χ4v) is 3.07. The van der Waals surface area contributed by atoms with Crippen LogP contribution < -0.4 is 4.90 Å². The fourth-order valence-electron chi connectivity index (χ4n) is 3.07. The number of hydrogen-bond acceptors (Lipinski definition) is 2. The van der Waals surface area contributed by atoms with Crippen molar-refractivity contribution < 1.29 is 4.79 Å². The first kappa shape index (κ1) is 16.8. The molecule has 1 aromatic heterocycles. The molecule has 0 N–H and O–H groups in total. The Kier molecular flexibility index (Phi) is 4.54. The van der Waals surface area contributed by atoms with E-state index >= 15 is 0 Å². The molecule has 0 fully saturated rings. The minimum atomic E-state index is -0.0588. The van der Waals surface area contributed by atoms with Gasteiger partial charge in [0.2, 0.25) is 0 Å². The summed E-state index contributed by atoms with van der Waals surface area (Å²) in [7, 11) is 1.79. The zero-order valence-corrected chi connectivity index (χ0v) is 15.0. The summed E-state index contributed by atoms with van der Waals surface area (Å²) >= 11 is 0. The Morgan fingerprint density at radius 1 is 0.852 bits per heavy atom. The van der Waals surface area contributed by atoms with Crippen LogP contribution in [0.25, 0.3) is 16.9 Å². The van der Waals surface area contributed by atoms with Gasteiger partial charge in [0.05, 0.1) is 17.6 Å². The zero-order chi connectivity index (χ0) is 18.6. The maximum absolute atomic E-state index is 12.9. The highest BCUT2D eigenvalue weighted by molar-refractivity contribution is 6.06. The fraction of sp³-hybridized carbons (Fsp3) is 0.0435. The number of aromatic nitrogens is 2. The minimum absolute atomic E-state index is 0.0588. The highest BCUT2D eigenvalue weighted by atomic mass is 16.2. The number of nitrogens with zero attached hydrogens (tertiary/aromatic N) is 3. The first-order valence-electron chi connectivity index (χ1n) is 8.77. The van der Waals surface area contributed by atoms with E-state index in [9.17, 15) is 4.79 Å². The molecule has 0 spiro atoms. The molecule has 4 heteroatoms. The molecule has 27 heavy (non-hydrogen) atoms. The number of hydrogen-bond donors (Lipinski definition) is 0. The third-order valence-corrected chi connectivity index (χ3v) is 4.50. The van der Waals surface area contributed by atoms with Crippen LogP contribution >= 0.6 is 0 Å². The predicted molar refractivity (Wildman–Crippen MR) is 108 cm³/mol. The molecule has 0 bridgehead atoms. The predicted octanol–water partition coefficient (Wildman–Crippen LogP) is 4.82. The van der Waals surface area contributed by atoms with Gasteiger partial charge in [-0.2, -0.15) is 5.10 Å². The van der Waals surface area contributed by atoms with Crippen LogP contribution in [-0.4, -0.2) is 22.7 Å². The number of rotatable bonds is 4. The van der Waals surface area contributed by atoms with E-state index in [4.69, 9.17) is 0 Å². The van der Waals surface area contributed by atoms with E-state index in [0.717, 1.165) is 22.6 Å². The Bertz CT molecular complexity index is 1060. The van der Waals surface area contributed by atoms with Crippen LogP contribution in [0.5, 0.6) is 0 Å². The smallest absolute Gasteiger partial charge is 0.258 e. The van der Waals surface area contributed by atoms with Crippen LogP contribution in [0.2, 0.25) is 0 Å². The lowest BCUT2D eigenvalue weighted by Gasteiger charge is -2.18. The van der Waals surface area contributed by atoms with Gasteiger partial charge in [-0.05, 0) is 36.4 Å². The summed E-state index contributed by atoms with van der Waals surface area (Å²) in [6.45, 7) is 0. The van der Waals surface area contributed by atoms with Crippen LogP contribution in [0.1, 0.15) is 10.4 Å². The average molecular weight is 353 g/mol. The summed E-state index contributed by atoms with van der Waals surface area (Å²) < 4.78 is 1.86. The number of carbonyl (C=O) groups excluding carboxylic acids is 1. The summed E-state index contributed by atoms with van der Waals surface area (Å²) in [5, 5.41) is 4.46. The van der Waals surface area contributed by atoms with Gasteiger partial charge in [0.1, 0.15) is 0 Å². The second-order valence-electron chi connectivity index (χ2n) is 6.24. The van der Waals surface area contributed by atoms with Gasteiger partial charge in [-0.15, -0.1) is 0 Å². The number of para-hydroxylation sites is 1. The van der Waals surface area contributed by atoms with Crippen molar-refractivity contribution in [2.24, 2.45) is 0 Å². The first-order chi connectivity index (χ1) is 13.2. The molecular formula is C23H19N3O. The van der Waals surface area contributed by atoms with Crippen LogP contribution in [0, 0.1) is 0 Å². The van der Waals surface area contributed by atoms with Crippen LogP contribution in [0.15, 0.2) is 97.2 Å². The number of anilines is 1. The monoisotopic (exact) mass is 353 g/mol. The van der Waals surface area contributed by atoms with Crippen molar-refractivity contribution in [2.45, 2.75) is 0 Å². The summed E-state index contributed by atoms with van der Waals surface area (Å²) in [5.41, 5.74) is 4.39. The second-order valence-corrected chi connectivity index (χ2v) is 6.24. The Morgan fingerprint density at radius 3 is 2.30 bits per heavy atom. The second kappa shape index (κ2) is 7.30. The van der Waals surface area contributed by atoms with Gasteiger partial charge in [-0.25, -0.2) is 4.68 Å². The molecule has 1 heterocycles. The van der Waals surface area contributed by atoms with E-state index in [2.05, 4.69) is 5.10 Å². The zero-order valence-electron chi connectivity index (χ0n) is 15.0. The normalized spacial score (nSPS) is 10.6. The van der Waals surface area contributed by atoms with E-state index in [-0.39, 0.29) is 5.91 Å². The molecule has 0 saturated heterocycles. The number of amides is 1. The molecular weight excluding hydrogens is 334 g/mol. The van der Waals surface area contributed by atoms with Crippen molar-refractivity contribution >= 4 is 11.6 Å². The van der Waals surface area contributed by atoms with Gasteiger partial charge < -0.3 is 4.90 Å². The molecule has 1 amide bonds. The van der Waals surface area contributed by atoms with E-state index in [1.807, 2.05) is 95.7 Å². The Morgan fingerprint density at radius 2 is 1.56 bits per heavy atom. The minimum Gasteiger partial charge on any atom is -0.311 e. The van der Waals surface area contributed by atoms with E-state index in [1.165, 1.54) is 0 Å². The summed E-state index contributed by atoms with van der Waals surface area (Å²) in [4.78, 5) is 14.6. The van der Waals surface area contributed by atoms with Gasteiger partial charge in [-0.3, -0.25) is 4.79 Å². The van der Waals surface area contributed by atoms with E-state index < -0.39 is 0 Å². The van der Waals surface area contributed by atoms with Crippen molar-refractivity contribution in [1.29, 1.82) is 0 Å². The van der Waals surface area contributed by atoms with Crippen molar-refractivity contribution in [3.8, 4) is 16.9 Å². The van der Waals surface area contributed by atoms with Crippen LogP contribution in [0.3, 0.4) is 0 Å². The lowest BCUT2D eigenvalue weighted by Crippen LogP contribution is -2.26. The lowest BCUT2D eigenvalue weighted by molar-refractivity contribution is 0.0993. The molecule has 0 aliphatic rings. The molecule has 132 valence electrons. The third kappa shape index (κ3) is 3.37. The Labute approximate surface area is 158 Å². The molecule has 4 rings (SSSR count). The van der Waals surface area contributed by atoms with Crippen molar-refractivity contribution in [2.75, 3.05) is 11.9 Å². The van der Waals surface area contributed by atoms with Gasteiger partial charge >= 0.3 is 0 Å². The molecule has 0 aliphatic heterocycles. The number of benzene rings is 3. The summed E-state index contributed by atoms with van der Waals surface area (Å²) in [6, 6.07) is 29.2. The standard InChI is InChI=1S/C23H19N3O/c1-25(20-12-6-3-7-13-20)23(27)19-11-8-14-21(17-19)26-22(15-16-24-26)18-9-4-2-5-10-18/h2-17H,1H3. The highest BCUT2D eigenvalue weighted by Gasteiger charge is 2.15. The SMILES string of the molecule is CN(C(=O)c1cccc(-n2nccc2-c2ccccc2)c1)c1ccccc1. The summed E-state index contributed by atoms with van der Waals surface area (Å²) in [5.74, 6) is -0.0588. The Balaban J connectivity index is 1.68. The molecule has 0 saturated carbocycles. The first-order valence-corrected chi connectivity index (χ1v) is 8.77. The quantitative estimate of drug-likeness (QED) is 0.528. The van der Waals surface area contributed by atoms with Gasteiger partial charge in [0.25, 0.3) is 5.91 Å². The van der Waals surface area contributed by atoms with Crippen molar-refractivity contribution in [1.82, 2.24) is 9.78 Å². The molecule has 0 radical (unpaired) electrons. The summed E-state index contributed by atoms with van der Waals surface area (Å²) in [6.07, 6.45) is 1.77. The van der Waals surface area contributed by atoms with Gasteiger partial charge in [-0.1, -0.05) is 54.6 Å². The van der Waals surface area contributed by atoms with E-state index in [0.29, 0.717) is 5.56 Å². The van der Waals surface area contributed by atoms with Crippen molar-refractivity contribution in [3.05, 3.63) is 103 Å². The molecule has 0 aliphatic carbocycles. The third-order valence-electron chi connectivity index (χ3n) is 4.50. The maximum atomic E-state index is 12.9. The largest absolute Gasteiger partial charge is 0.311 e. The molecule has 0 atom stereocenters. The topological polar surface area (TPSA) is 38.1 Å². The molecule has 4 nitrogen and oxygen atoms in total. The average Bonchev–Trinajstić information content (AvgIpc) is 3.24.